The highest BCUT2D eigenvalue weighted by Gasteiger charge is 2.44. The molecule has 1 aromatic heterocycles. The fraction of sp³-hybridized carbons (Fsp3) is 0.429. The number of hydrogen-bond acceptors (Lipinski definition) is 4. The van der Waals surface area contributed by atoms with Gasteiger partial charge in [0.25, 0.3) is 0 Å². The van der Waals surface area contributed by atoms with Gasteiger partial charge in [0.15, 0.2) is 0 Å². The van der Waals surface area contributed by atoms with Crippen LogP contribution >= 0.6 is 23.2 Å². The molecule has 11 heteroatoms. The number of nitrogens with one attached hydrogen (secondary N) is 1. The van der Waals surface area contributed by atoms with Gasteiger partial charge in [0.1, 0.15) is 11.5 Å². The largest absolute Gasteiger partial charge is 0.416 e. The highest BCUT2D eigenvalue weighted by Crippen LogP contribution is 2.46. The summed E-state index contributed by atoms with van der Waals surface area (Å²) >= 11 is 12.9. The number of anilines is 1. The number of hydrogen-bond donors (Lipinski definition) is 1. The Labute approximate surface area is 233 Å². The summed E-state index contributed by atoms with van der Waals surface area (Å²) in [4.78, 5) is 14.8. The summed E-state index contributed by atoms with van der Waals surface area (Å²) in [5, 5.41) is 7.94. The lowest BCUT2D eigenvalue weighted by atomic mass is 9.99. The van der Waals surface area contributed by atoms with Crippen LogP contribution in [-0.4, -0.2) is 34.3 Å². The lowest BCUT2D eigenvalue weighted by Crippen LogP contribution is -2.50. The number of ether oxygens (including phenoxy) is 1. The summed E-state index contributed by atoms with van der Waals surface area (Å²) in [6.45, 7) is 0.284. The zero-order valence-corrected chi connectivity index (χ0v) is 22.3. The molecule has 206 valence electrons. The summed E-state index contributed by atoms with van der Waals surface area (Å²) in [7, 11) is 0. The first kappa shape index (κ1) is 26.5. The molecular formula is C28H26Cl2F3N3O3. The highest BCUT2D eigenvalue weighted by atomic mass is 35.5. The fourth-order valence-corrected chi connectivity index (χ4v) is 6.38. The maximum atomic E-state index is 13.1. The molecule has 0 radical (unpaired) electrons. The van der Waals surface area contributed by atoms with Gasteiger partial charge in [-0.3, -0.25) is 0 Å². The van der Waals surface area contributed by atoms with E-state index in [2.05, 4.69) is 10.5 Å². The van der Waals surface area contributed by atoms with Crippen molar-refractivity contribution < 1.29 is 27.2 Å². The summed E-state index contributed by atoms with van der Waals surface area (Å²) in [6.07, 6.45) is 0.413. The third kappa shape index (κ3) is 5.36. The number of rotatable bonds is 6. The quantitative estimate of drug-likeness (QED) is 0.319. The van der Waals surface area contributed by atoms with Crippen LogP contribution in [0.2, 0.25) is 10.0 Å². The molecule has 3 heterocycles. The molecule has 39 heavy (non-hydrogen) atoms. The number of carbonyl (C=O) groups is 1. The molecule has 1 saturated carbocycles. The predicted octanol–water partition coefficient (Wildman–Crippen LogP) is 8.29. The molecule has 2 aromatic carbocycles. The average molecular weight is 580 g/mol. The summed E-state index contributed by atoms with van der Waals surface area (Å²) < 4.78 is 51.4. The highest BCUT2D eigenvalue weighted by molar-refractivity contribution is 6.39. The third-order valence-corrected chi connectivity index (χ3v) is 8.43. The van der Waals surface area contributed by atoms with Crippen LogP contribution in [0.25, 0.3) is 11.3 Å². The molecule has 2 unspecified atom stereocenters. The Morgan fingerprint density at radius 1 is 1.05 bits per heavy atom. The van der Waals surface area contributed by atoms with Gasteiger partial charge in [-0.15, -0.1) is 0 Å². The van der Waals surface area contributed by atoms with Gasteiger partial charge in [0.05, 0.1) is 28.3 Å². The van der Waals surface area contributed by atoms with Gasteiger partial charge >= 0.3 is 12.2 Å². The van der Waals surface area contributed by atoms with E-state index in [0.717, 1.165) is 49.1 Å². The Bertz CT molecular complexity index is 1360. The molecule has 2 bridgehead atoms. The van der Waals surface area contributed by atoms with E-state index < -0.39 is 11.7 Å². The average Bonchev–Trinajstić information content (AvgIpc) is 3.59. The molecule has 6 rings (SSSR count). The number of fused-ring (bicyclic) bond motifs is 2. The van der Waals surface area contributed by atoms with Crippen molar-refractivity contribution >= 4 is 34.9 Å². The topological polar surface area (TPSA) is 67.6 Å². The zero-order chi connectivity index (χ0) is 27.3. The molecule has 0 spiro atoms. The van der Waals surface area contributed by atoms with Crippen molar-refractivity contribution in [1.82, 2.24) is 10.1 Å². The van der Waals surface area contributed by atoms with Gasteiger partial charge in [-0.25, -0.2) is 4.79 Å². The SMILES string of the molecule is O=C(Nc1cccc(C(F)(F)F)c1)N1C2CC[C@H]1CC(OCc1c(-c3c(Cl)cccc3Cl)noc1C1CC1)C2. The Hall–Kier alpha value is -2.75. The van der Waals surface area contributed by atoms with Crippen molar-refractivity contribution in [1.29, 1.82) is 0 Å². The minimum atomic E-state index is -4.48. The number of nitrogens with zero attached hydrogens (tertiary/aromatic N) is 2. The first-order valence-electron chi connectivity index (χ1n) is 13.0. The second-order valence-electron chi connectivity index (χ2n) is 10.5. The number of carbonyl (C=O) groups excluding carboxylic acids is 1. The van der Waals surface area contributed by atoms with Crippen LogP contribution < -0.4 is 5.32 Å². The second-order valence-corrected chi connectivity index (χ2v) is 11.3. The summed E-state index contributed by atoms with van der Waals surface area (Å²) in [5.41, 5.74) is 1.39. The smallest absolute Gasteiger partial charge is 0.373 e. The Morgan fingerprint density at radius 2 is 1.72 bits per heavy atom. The van der Waals surface area contributed by atoms with Crippen molar-refractivity contribution in [3.8, 4) is 11.3 Å². The van der Waals surface area contributed by atoms with E-state index in [9.17, 15) is 18.0 Å². The lowest BCUT2D eigenvalue weighted by Gasteiger charge is -2.38. The van der Waals surface area contributed by atoms with E-state index in [4.69, 9.17) is 32.5 Å². The molecule has 1 aliphatic carbocycles. The lowest BCUT2D eigenvalue weighted by molar-refractivity contribution is -0.137. The van der Waals surface area contributed by atoms with Crippen LogP contribution in [0.5, 0.6) is 0 Å². The van der Waals surface area contributed by atoms with Gasteiger partial charge < -0.3 is 19.5 Å². The number of halogens is 5. The standard InChI is InChI=1S/C28H26Cl2F3N3O3/c29-22-5-2-6-23(30)24(22)25-21(26(39-35-25)15-7-8-15)14-38-20-12-18-9-10-19(13-20)36(18)27(37)34-17-4-1-3-16(11-17)28(31,32)33/h1-6,11,15,18-20H,7-10,12-14H2,(H,34,37)/t18-,19?,20?/m0/s1. The molecule has 1 N–H and O–H groups in total. The monoisotopic (exact) mass is 579 g/mol. The van der Waals surface area contributed by atoms with Crippen molar-refractivity contribution in [3.63, 3.8) is 0 Å². The van der Waals surface area contributed by atoms with Crippen molar-refractivity contribution in [2.24, 2.45) is 0 Å². The van der Waals surface area contributed by atoms with Crippen molar-refractivity contribution in [2.45, 2.75) is 75.4 Å². The number of alkyl halides is 3. The van der Waals surface area contributed by atoms with Crippen LogP contribution in [0.15, 0.2) is 47.0 Å². The Balaban J connectivity index is 1.14. The minimum Gasteiger partial charge on any atom is -0.373 e. The molecule has 3 fully saturated rings. The van der Waals surface area contributed by atoms with Gasteiger partial charge in [-0.05, 0) is 68.9 Å². The van der Waals surface area contributed by atoms with Crippen LogP contribution in [0.4, 0.5) is 23.7 Å². The van der Waals surface area contributed by atoms with E-state index >= 15 is 0 Å². The molecule has 3 atom stereocenters. The molecule has 2 saturated heterocycles. The number of aromatic nitrogens is 1. The van der Waals surface area contributed by atoms with Gasteiger partial charge in [-0.1, -0.05) is 40.5 Å². The van der Waals surface area contributed by atoms with E-state index in [1.165, 1.54) is 12.1 Å². The van der Waals surface area contributed by atoms with Crippen molar-refractivity contribution in [2.75, 3.05) is 5.32 Å². The number of amides is 2. The minimum absolute atomic E-state index is 0.0533. The Morgan fingerprint density at radius 3 is 2.36 bits per heavy atom. The van der Waals surface area contributed by atoms with Gasteiger partial charge in [-0.2, -0.15) is 13.2 Å². The molecule has 2 aliphatic heterocycles. The number of benzene rings is 2. The Kier molecular flexibility index (Phi) is 7.02. The summed E-state index contributed by atoms with van der Waals surface area (Å²) in [5.74, 6) is 1.12. The van der Waals surface area contributed by atoms with E-state index in [1.54, 1.807) is 23.1 Å². The normalized spacial score (nSPS) is 22.8. The van der Waals surface area contributed by atoms with Crippen molar-refractivity contribution in [3.05, 3.63) is 69.4 Å². The van der Waals surface area contributed by atoms with Crippen LogP contribution in [-0.2, 0) is 17.5 Å². The maximum absolute atomic E-state index is 13.1. The van der Waals surface area contributed by atoms with E-state index in [1.807, 2.05) is 0 Å². The molecule has 6 nitrogen and oxygen atoms in total. The van der Waals surface area contributed by atoms with Crippen LogP contribution in [0.1, 0.15) is 61.3 Å². The third-order valence-electron chi connectivity index (χ3n) is 7.80. The molecular weight excluding hydrogens is 554 g/mol. The predicted molar refractivity (Wildman–Crippen MR) is 141 cm³/mol. The van der Waals surface area contributed by atoms with Crippen LogP contribution in [0, 0.1) is 0 Å². The van der Waals surface area contributed by atoms with Crippen LogP contribution in [0.3, 0.4) is 0 Å². The summed E-state index contributed by atoms with van der Waals surface area (Å²) in [6, 6.07) is 9.50. The fourth-order valence-electron chi connectivity index (χ4n) is 5.81. The molecule has 3 aromatic rings. The zero-order valence-electron chi connectivity index (χ0n) is 20.8. The first-order chi connectivity index (χ1) is 18.7. The maximum Gasteiger partial charge on any atom is 0.416 e. The first-order valence-corrected chi connectivity index (χ1v) is 13.8. The van der Waals surface area contributed by atoms with Gasteiger partial charge in [0, 0.05) is 34.8 Å². The molecule has 2 amide bonds. The molecule has 3 aliphatic rings. The van der Waals surface area contributed by atoms with Gasteiger partial charge in [0.2, 0.25) is 0 Å². The second kappa shape index (κ2) is 10.3. The number of urea groups is 1. The van der Waals surface area contributed by atoms with E-state index in [-0.39, 0.29) is 36.5 Å². The number of piperidine rings is 1. The van der Waals surface area contributed by atoms with E-state index in [0.29, 0.717) is 40.1 Å².